The number of thiophene rings is 4. The van der Waals surface area contributed by atoms with E-state index in [0.29, 0.717) is 70.4 Å². The van der Waals surface area contributed by atoms with Crippen molar-refractivity contribution in [2.45, 2.75) is 90.9 Å². The maximum atomic E-state index is 13.9. The third-order valence-corrected chi connectivity index (χ3v) is 27.2. The van der Waals surface area contributed by atoms with Crippen LogP contribution in [0.4, 0.5) is 11.4 Å². The number of carbonyl (C=O) groups excluding carboxylic acids is 2. The van der Waals surface area contributed by atoms with Crippen molar-refractivity contribution in [3.05, 3.63) is 222 Å². The van der Waals surface area contributed by atoms with Gasteiger partial charge >= 0.3 is 31.4 Å². The molecule has 0 spiro atoms. The fourth-order valence-corrected chi connectivity index (χ4v) is 21.4. The van der Waals surface area contributed by atoms with Gasteiger partial charge in [-0.15, -0.1) is 60.6 Å². The van der Waals surface area contributed by atoms with Crippen LogP contribution in [0.25, 0.3) is 61.9 Å². The number of nitrogens with one attached hydrogen (secondary N) is 2. The van der Waals surface area contributed by atoms with Crippen LogP contribution in [0.15, 0.2) is 179 Å². The number of hydrogen-bond acceptors (Lipinski definition) is 16. The lowest BCUT2D eigenvalue weighted by atomic mass is 10.1. The number of halogens is 6. The van der Waals surface area contributed by atoms with Crippen LogP contribution in [0.3, 0.4) is 0 Å². The van der Waals surface area contributed by atoms with E-state index in [0.717, 1.165) is 62.3 Å². The Balaban J connectivity index is 0.000000192. The number of amides is 2. The van der Waals surface area contributed by atoms with Crippen LogP contribution in [-0.4, -0.2) is 74.5 Å². The minimum Gasteiger partial charge on any atom is -0.325 e. The summed E-state index contributed by atoms with van der Waals surface area (Å²) in [4.78, 5) is 46.3. The molecule has 106 heavy (non-hydrogen) atoms. The third kappa shape index (κ3) is 26.7. The molecule has 0 saturated heterocycles. The highest BCUT2D eigenvalue weighted by Gasteiger charge is 2.44. The van der Waals surface area contributed by atoms with E-state index in [-0.39, 0.29) is 24.9 Å². The van der Waals surface area contributed by atoms with Gasteiger partial charge in [0.1, 0.15) is 6.69 Å². The average Bonchev–Trinajstić information content (AvgIpc) is 1.56. The molecule has 8 aromatic carbocycles. The number of fused-ring (bicyclic) bond motifs is 6. The second-order valence-corrected chi connectivity index (χ2v) is 47.9. The lowest BCUT2D eigenvalue weighted by Gasteiger charge is -2.25. The molecule has 0 aliphatic carbocycles. The zero-order chi connectivity index (χ0) is 77.4. The topological polar surface area (TPSA) is 214 Å². The Morgan fingerprint density at radius 2 is 0.802 bits per heavy atom. The quantitative estimate of drug-likeness (QED) is 0.0181. The number of carbonyl (C=O) groups is 2. The van der Waals surface area contributed by atoms with E-state index in [2.05, 4.69) is 72.9 Å². The van der Waals surface area contributed by atoms with Crippen molar-refractivity contribution in [2.75, 3.05) is 56.9 Å². The SMILES string of the molecule is CCOP(=O)(Cc1csc2ccc(Cl)cc12)OCC.CCOP(=O)(OCC)C(C(=O)Nc1ccc2ccccc2c1)c1csc2ccc(Cl)cc12.CCOP(OCC)OCC.C[Si](C)(C)Br.Clc1ccc2scc(CBr)c2c1.O=C(Nc1ccc2ccccc2c1)C(c1csc2ccc(Cl)cc12)P(=O)(O)O. The van der Waals surface area contributed by atoms with Crippen molar-refractivity contribution < 1.29 is 64.7 Å². The molecule has 0 bridgehead atoms. The third-order valence-electron chi connectivity index (χ3n) is 14.6. The summed E-state index contributed by atoms with van der Waals surface area (Å²) in [6, 6.07) is 48.8. The molecule has 0 saturated carbocycles. The van der Waals surface area contributed by atoms with Gasteiger partial charge in [0.25, 0.3) is 0 Å². The number of alkyl halides is 1. The first-order chi connectivity index (χ1) is 50.5. The summed E-state index contributed by atoms with van der Waals surface area (Å²) in [6.07, 6.45) is 0.287. The molecular weight excluding hydrogens is 1730 g/mol. The van der Waals surface area contributed by atoms with Gasteiger partial charge in [0, 0.05) is 55.6 Å². The van der Waals surface area contributed by atoms with Crippen molar-refractivity contribution in [3.8, 4) is 0 Å². The van der Waals surface area contributed by atoms with Gasteiger partial charge in [-0.1, -0.05) is 143 Å². The van der Waals surface area contributed by atoms with E-state index in [4.69, 9.17) is 78.1 Å². The molecule has 568 valence electrons. The highest BCUT2D eigenvalue weighted by molar-refractivity contribution is 9.26. The van der Waals surface area contributed by atoms with Crippen LogP contribution in [0, 0.1) is 0 Å². The molecule has 2 unspecified atom stereocenters. The first-order valence-corrected chi connectivity index (χ1v) is 51.5. The summed E-state index contributed by atoms with van der Waals surface area (Å²) >= 11 is 37.3. The molecule has 2 amide bonds. The van der Waals surface area contributed by atoms with Crippen LogP contribution < -0.4 is 10.6 Å². The summed E-state index contributed by atoms with van der Waals surface area (Å²) in [6.45, 7) is 21.8. The number of anilines is 2. The summed E-state index contributed by atoms with van der Waals surface area (Å²) < 4.78 is 80.1. The minimum absolute atomic E-state index is 0.153. The van der Waals surface area contributed by atoms with E-state index >= 15 is 0 Å². The molecule has 16 nitrogen and oxygen atoms in total. The highest BCUT2D eigenvalue weighted by atomic mass is 79.9. The number of rotatable bonds is 25. The Morgan fingerprint density at radius 1 is 0.462 bits per heavy atom. The molecule has 2 atom stereocenters. The molecule has 12 aromatic rings. The van der Waals surface area contributed by atoms with Gasteiger partial charge in [-0.3, -0.25) is 23.3 Å². The van der Waals surface area contributed by atoms with Gasteiger partial charge in [-0.05, 0) is 232 Å². The molecule has 0 fully saturated rings. The van der Waals surface area contributed by atoms with Crippen LogP contribution in [-0.2, 0) is 66.4 Å². The standard InChI is InChI=1S/C24H23ClNO4PS.C20H15ClNO4PS.C13H16ClO3PS.C9H6BrClS.C6H15O3P.C3H9BrSi/c1-3-29-31(28,30-4-2)23(21-15-32-22-12-10-18(25)14-20(21)22)24(27)26-19-11-9-16-7-5-6-8-17(16)13-19;21-14-6-8-18-16(10-14)17(11-28-18)19(27(24,25)26)20(23)22-15-7-5-12-3-1-2-4-13(12)9-15;1-3-16-18(15,17-4-2)8-10-9-19-13-6-5-11(14)7-12(10)13;10-4-6-5-12-9-2-1-7(11)3-8(6)9;1-4-7-10(8-5-2)9-6-3;1-5(2,3)4/h5-15,23H,3-4H2,1-2H3,(H,26,27);1-11,19H,(H,22,23)(H2,24,25,26);5-7,9H,3-4,8H2,1-2H3;1-3,5H,4H2;4-6H2,1-3H3;1-3H3. The number of benzene rings is 8. The Kier molecular flexibility index (Phi) is 36.5. The lowest BCUT2D eigenvalue weighted by Crippen LogP contribution is -2.23. The van der Waals surface area contributed by atoms with Crippen molar-refractivity contribution in [1.29, 1.82) is 0 Å². The van der Waals surface area contributed by atoms with E-state index in [1.54, 1.807) is 84.4 Å². The van der Waals surface area contributed by atoms with Crippen LogP contribution in [0.1, 0.15) is 82.0 Å². The summed E-state index contributed by atoms with van der Waals surface area (Å²) in [5, 5.41) is 24.1. The molecule has 4 aromatic heterocycles. The van der Waals surface area contributed by atoms with Crippen molar-refractivity contribution in [1.82, 2.24) is 0 Å². The number of hydrogen-bond donors (Lipinski definition) is 4. The van der Waals surface area contributed by atoms with E-state index in [1.807, 2.05) is 155 Å². The normalized spacial score (nSPS) is 12.3. The Bertz CT molecular complexity index is 4980. The van der Waals surface area contributed by atoms with Crippen molar-refractivity contribution in [3.63, 3.8) is 0 Å². The second kappa shape index (κ2) is 43.3. The fraction of sp³-hybridized carbons (Fsp3) is 0.280. The zero-order valence-corrected chi connectivity index (χ0v) is 73.9. The van der Waals surface area contributed by atoms with Gasteiger partial charge in [-0.2, -0.15) is 0 Å². The fourth-order valence-electron chi connectivity index (χ4n) is 10.4. The van der Waals surface area contributed by atoms with Crippen LogP contribution >= 0.6 is 154 Å². The smallest absolute Gasteiger partial charge is 0.325 e. The molecular formula is C75H84Br2Cl4N2O14P4S4Si. The van der Waals surface area contributed by atoms with Crippen LogP contribution in [0.2, 0.25) is 39.7 Å². The van der Waals surface area contributed by atoms with E-state index in [9.17, 15) is 33.1 Å². The maximum Gasteiger partial charge on any atom is 0.347 e. The molecule has 4 N–H and O–H groups in total. The lowest BCUT2D eigenvalue weighted by molar-refractivity contribution is -0.117. The Morgan fingerprint density at radius 3 is 1.18 bits per heavy atom. The maximum absolute atomic E-state index is 13.9. The zero-order valence-electron chi connectivity index (χ0n) is 59.8. The predicted molar refractivity (Wildman–Crippen MR) is 462 cm³/mol. The van der Waals surface area contributed by atoms with E-state index < -0.39 is 61.2 Å². The molecule has 0 aliphatic heterocycles. The van der Waals surface area contributed by atoms with Gasteiger partial charge in [0.15, 0.2) is 11.3 Å². The first kappa shape index (κ1) is 89.4. The molecule has 0 radical (unpaired) electrons. The molecule has 12 rings (SSSR count). The first-order valence-electron chi connectivity index (χ1n) is 33.5. The van der Waals surface area contributed by atoms with Crippen molar-refractivity contribution in [2.24, 2.45) is 0 Å². The Hall–Kier alpha value is -3.84. The van der Waals surface area contributed by atoms with Gasteiger partial charge in [0.05, 0.1) is 52.4 Å². The monoisotopic (exact) mass is 1810 g/mol. The molecule has 31 heteroatoms. The van der Waals surface area contributed by atoms with Crippen molar-refractivity contribution >= 4 is 246 Å². The summed E-state index contributed by atoms with van der Waals surface area (Å²) in [7, 11) is -12.7. The molecule has 0 aliphatic rings. The van der Waals surface area contributed by atoms with E-state index in [1.165, 1.54) is 38.3 Å². The predicted octanol–water partition coefficient (Wildman–Crippen LogP) is 27.5. The van der Waals surface area contributed by atoms with Gasteiger partial charge < -0.3 is 52.1 Å². The average molecular weight is 1820 g/mol. The molecule has 4 heterocycles. The van der Waals surface area contributed by atoms with Crippen LogP contribution in [0.5, 0.6) is 0 Å². The second-order valence-electron chi connectivity index (χ2n) is 23.6. The summed E-state index contributed by atoms with van der Waals surface area (Å²) in [5.74, 6) is -1.21. The van der Waals surface area contributed by atoms with Gasteiger partial charge in [-0.25, -0.2) is 0 Å². The minimum atomic E-state index is -4.77. The van der Waals surface area contributed by atoms with Gasteiger partial charge in [0.2, 0.25) is 11.8 Å². The highest BCUT2D eigenvalue weighted by Crippen LogP contribution is 2.63. The Labute approximate surface area is 674 Å². The summed E-state index contributed by atoms with van der Waals surface area (Å²) in [5.41, 5.74) is 1.46. The largest absolute Gasteiger partial charge is 0.347 e.